The number of nitrogens with zero attached hydrogens (tertiary/aromatic N) is 1. The molecule has 2 rings (SSSR count). The summed E-state index contributed by atoms with van der Waals surface area (Å²) in [6, 6.07) is 0.768. The summed E-state index contributed by atoms with van der Waals surface area (Å²) in [6.45, 7) is 9.91. The minimum absolute atomic E-state index is 0.306. The predicted molar refractivity (Wildman–Crippen MR) is 88.0 cm³/mol. The monoisotopic (exact) mass is 290 g/mol. The van der Waals surface area contributed by atoms with Crippen LogP contribution in [0.4, 0.5) is 0 Å². The van der Waals surface area contributed by atoms with Crippen molar-refractivity contribution in [1.82, 2.24) is 10.3 Å². The average molecular weight is 290 g/mol. The summed E-state index contributed by atoms with van der Waals surface area (Å²) < 4.78 is 5.55. The van der Waals surface area contributed by atoms with E-state index < -0.39 is 0 Å². The Morgan fingerprint density at radius 1 is 1.29 bits per heavy atom. The van der Waals surface area contributed by atoms with Gasteiger partial charge in [-0.05, 0) is 51.4 Å². The fraction of sp³-hybridized carbons (Fsp3) is 0.722. The van der Waals surface area contributed by atoms with E-state index in [1.165, 1.54) is 36.9 Å². The Labute approximate surface area is 129 Å². The zero-order valence-electron chi connectivity index (χ0n) is 14.3. The summed E-state index contributed by atoms with van der Waals surface area (Å²) >= 11 is 0. The van der Waals surface area contributed by atoms with Gasteiger partial charge in [-0.25, -0.2) is 0 Å². The van der Waals surface area contributed by atoms with Crippen LogP contribution in [-0.2, 0) is 6.42 Å². The maximum absolute atomic E-state index is 5.55. The molecule has 0 aliphatic heterocycles. The quantitative estimate of drug-likeness (QED) is 0.790. The van der Waals surface area contributed by atoms with Crippen molar-refractivity contribution in [2.45, 2.75) is 65.8 Å². The first-order valence-corrected chi connectivity index (χ1v) is 8.27. The first-order chi connectivity index (χ1) is 10.0. The Hall–Kier alpha value is -1.09. The van der Waals surface area contributed by atoms with Gasteiger partial charge in [-0.2, -0.15) is 0 Å². The van der Waals surface area contributed by atoms with Gasteiger partial charge in [0.25, 0.3) is 0 Å². The van der Waals surface area contributed by atoms with Crippen molar-refractivity contribution in [3.05, 3.63) is 23.0 Å². The van der Waals surface area contributed by atoms with E-state index in [0.29, 0.717) is 5.41 Å². The Morgan fingerprint density at radius 3 is 2.48 bits per heavy atom. The third kappa shape index (κ3) is 3.76. The van der Waals surface area contributed by atoms with E-state index >= 15 is 0 Å². The minimum atomic E-state index is 0.306. The van der Waals surface area contributed by atoms with Gasteiger partial charge in [0.05, 0.1) is 7.11 Å². The molecular formula is C18H30N2O. The fourth-order valence-electron chi connectivity index (χ4n) is 3.07. The van der Waals surface area contributed by atoms with Crippen molar-refractivity contribution in [3.63, 3.8) is 0 Å². The SMILES string of the molecule is CCC(CC)(CNC1CC1)Cc1ncc(C)c(OC)c1C. The van der Waals surface area contributed by atoms with Gasteiger partial charge < -0.3 is 10.1 Å². The maximum atomic E-state index is 5.55. The lowest BCUT2D eigenvalue weighted by molar-refractivity contribution is 0.242. The molecule has 0 saturated heterocycles. The highest BCUT2D eigenvalue weighted by molar-refractivity contribution is 5.41. The van der Waals surface area contributed by atoms with Crippen LogP contribution in [0.5, 0.6) is 5.75 Å². The van der Waals surface area contributed by atoms with Crippen LogP contribution in [-0.4, -0.2) is 24.7 Å². The smallest absolute Gasteiger partial charge is 0.128 e. The number of hydrogen-bond acceptors (Lipinski definition) is 3. The van der Waals surface area contributed by atoms with E-state index in [9.17, 15) is 0 Å². The first kappa shape index (κ1) is 16.3. The molecular weight excluding hydrogens is 260 g/mol. The number of ether oxygens (including phenoxy) is 1. The molecule has 0 amide bonds. The van der Waals surface area contributed by atoms with Crippen LogP contribution in [0, 0.1) is 19.3 Å². The van der Waals surface area contributed by atoms with Gasteiger partial charge in [0, 0.05) is 35.6 Å². The predicted octanol–water partition coefficient (Wildman–Crippen LogP) is 3.81. The molecule has 0 aromatic carbocycles. The number of hydrogen-bond donors (Lipinski definition) is 1. The average Bonchev–Trinajstić information content (AvgIpc) is 3.31. The van der Waals surface area contributed by atoms with Crippen molar-refractivity contribution in [3.8, 4) is 5.75 Å². The molecule has 1 heterocycles. The van der Waals surface area contributed by atoms with Gasteiger partial charge in [-0.3, -0.25) is 4.98 Å². The van der Waals surface area contributed by atoms with E-state index in [-0.39, 0.29) is 0 Å². The molecule has 1 aromatic rings. The molecule has 1 aliphatic rings. The molecule has 1 N–H and O–H groups in total. The second kappa shape index (κ2) is 6.78. The number of pyridine rings is 1. The normalized spacial score (nSPS) is 15.3. The highest BCUT2D eigenvalue weighted by atomic mass is 16.5. The van der Waals surface area contributed by atoms with Crippen LogP contribution in [0.25, 0.3) is 0 Å². The number of methoxy groups -OCH3 is 1. The molecule has 1 saturated carbocycles. The Balaban J connectivity index is 2.19. The van der Waals surface area contributed by atoms with E-state index in [2.05, 4.69) is 33.0 Å². The van der Waals surface area contributed by atoms with Crippen LogP contribution in [0.2, 0.25) is 0 Å². The van der Waals surface area contributed by atoms with Gasteiger partial charge in [-0.15, -0.1) is 0 Å². The second-order valence-corrected chi connectivity index (χ2v) is 6.59. The van der Waals surface area contributed by atoms with E-state index in [0.717, 1.165) is 30.3 Å². The van der Waals surface area contributed by atoms with Gasteiger partial charge in [-0.1, -0.05) is 13.8 Å². The summed E-state index contributed by atoms with van der Waals surface area (Å²) in [5.74, 6) is 0.997. The molecule has 21 heavy (non-hydrogen) atoms. The van der Waals surface area contributed by atoms with Gasteiger partial charge >= 0.3 is 0 Å². The zero-order valence-corrected chi connectivity index (χ0v) is 14.3. The molecule has 1 aliphatic carbocycles. The summed E-state index contributed by atoms with van der Waals surface area (Å²) in [7, 11) is 1.75. The third-order valence-electron chi connectivity index (χ3n) is 5.14. The Bertz CT molecular complexity index is 476. The van der Waals surface area contributed by atoms with Crippen molar-refractivity contribution < 1.29 is 4.74 Å². The summed E-state index contributed by atoms with van der Waals surface area (Å²) in [5, 5.41) is 3.72. The van der Waals surface area contributed by atoms with E-state index in [1.54, 1.807) is 7.11 Å². The molecule has 118 valence electrons. The molecule has 1 fully saturated rings. The molecule has 0 radical (unpaired) electrons. The van der Waals surface area contributed by atoms with Gasteiger partial charge in [0.2, 0.25) is 0 Å². The molecule has 0 unspecified atom stereocenters. The minimum Gasteiger partial charge on any atom is -0.496 e. The van der Waals surface area contributed by atoms with E-state index in [4.69, 9.17) is 9.72 Å². The van der Waals surface area contributed by atoms with Crippen LogP contribution in [0.3, 0.4) is 0 Å². The number of aryl methyl sites for hydroxylation is 1. The largest absolute Gasteiger partial charge is 0.496 e. The molecule has 1 aromatic heterocycles. The van der Waals surface area contributed by atoms with E-state index in [1.807, 2.05) is 6.20 Å². The highest BCUT2D eigenvalue weighted by Crippen LogP contribution is 2.34. The highest BCUT2D eigenvalue weighted by Gasteiger charge is 2.31. The number of rotatable bonds is 8. The topological polar surface area (TPSA) is 34.2 Å². The molecule has 0 spiro atoms. The molecule has 3 heteroatoms. The van der Waals surface area contributed by atoms with Crippen LogP contribution in [0.1, 0.15) is 56.4 Å². The van der Waals surface area contributed by atoms with Crippen molar-refractivity contribution in [2.75, 3.05) is 13.7 Å². The lowest BCUT2D eigenvalue weighted by Crippen LogP contribution is -2.36. The van der Waals surface area contributed by atoms with Crippen LogP contribution in [0.15, 0.2) is 6.20 Å². The van der Waals surface area contributed by atoms with Crippen molar-refractivity contribution >= 4 is 0 Å². The zero-order chi connectivity index (χ0) is 15.5. The molecule has 0 atom stereocenters. The fourth-order valence-corrected chi connectivity index (χ4v) is 3.07. The van der Waals surface area contributed by atoms with Gasteiger partial charge in [0.1, 0.15) is 5.75 Å². The Kier molecular flexibility index (Phi) is 5.26. The van der Waals surface area contributed by atoms with Crippen molar-refractivity contribution in [2.24, 2.45) is 5.41 Å². The van der Waals surface area contributed by atoms with Crippen molar-refractivity contribution in [1.29, 1.82) is 0 Å². The lowest BCUT2D eigenvalue weighted by Gasteiger charge is -2.32. The number of aromatic nitrogens is 1. The second-order valence-electron chi connectivity index (χ2n) is 6.59. The summed E-state index contributed by atoms with van der Waals surface area (Å²) in [5.41, 5.74) is 3.82. The maximum Gasteiger partial charge on any atom is 0.128 e. The summed E-state index contributed by atoms with van der Waals surface area (Å²) in [4.78, 5) is 4.70. The van der Waals surface area contributed by atoms with Crippen LogP contribution < -0.4 is 10.1 Å². The van der Waals surface area contributed by atoms with Crippen LogP contribution >= 0.6 is 0 Å². The standard InChI is InChI=1S/C18H30N2O/c1-6-18(7-2,12-20-15-8-9-15)10-16-14(4)17(21-5)13(3)11-19-16/h11,15,20H,6-10,12H2,1-5H3. The number of nitrogens with one attached hydrogen (secondary N) is 1. The summed E-state index contributed by atoms with van der Waals surface area (Å²) in [6.07, 6.45) is 8.03. The molecule has 0 bridgehead atoms. The first-order valence-electron chi connectivity index (χ1n) is 8.27. The van der Waals surface area contributed by atoms with Gasteiger partial charge in [0.15, 0.2) is 0 Å². The molecule has 3 nitrogen and oxygen atoms in total. The lowest BCUT2D eigenvalue weighted by atomic mass is 9.77. The Morgan fingerprint density at radius 2 is 1.95 bits per heavy atom. The third-order valence-corrected chi connectivity index (χ3v) is 5.14.